The van der Waals surface area contributed by atoms with Gasteiger partial charge in [0, 0.05) is 11.1 Å². The Kier molecular flexibility index (Phi) is 4.08. The predicted octanol–water partition coefficient (Wildman–Crippen LogP) is 4.82. The van der Waals surface area contributed by atoms with E-state index in [1.165, 1.54) is 39.0 Å². The monoisotopic (exact) mass is 405 g/mol. The summed E-state index contributed by atoms with van der Waals surface area (Å²) in [5, 5.41) is 4.33. The fourth-order valence-corrected chi connectivity index (χ4v) is 8.28. The number of hydrogen-bond donors (Lipinski definition) is 1. The van der Waals surface area contributed by atoms with Crippen LogP contribution in [0.3, 0.4) is 0 Å². The molecule has 0 aliphatic heterocycles. The van der Waals surface area contributed by atoms with Gasteiger partial charge in [-0.25, -0.2) is 0 Å². The van der Waals surface area contributed by atoms with Crippen LogP contribution < -0.4 is 21.6 Å². The molecule has 0 heterocycles. The van der Waals surface area contributed by atoms with Gasteiger partial charge in [-0.15, -0.1) is 0 Å². The molecule has 4 aromatic carbocycles. The summed E-state index contributed by atoms with van der Waals surface area (Å²) < 4.78 is 0. The Hall–Kier alpha value is -2.89. The number of aryl methyl sites for hydroxylation is 1. The van der Waals surface area contributed by atoms with Crippen LogP contribution >= 0.6 is 7.92 Å². The molecular formula is C28H24NP. The van der Waals surface area contributed by atoms with Crippen LogP contribution in [-0.2, 0) is 18.3 Å². The van der Waals surface area contributed by atoms with E-state index in [1.54, 1.807) is 5.56 Å². The highest BCUT2D eigenvalue weighted by molar-refractivity contribution is 7.79. The van der Waals surface area contributed by atoms with Gasteiger partial charge in [-0.2, -0.15) is 0 Å². The summed E-state index contributed by atoms with van der Waals surface area (Å²) in [6, 6.07) is 35.5. The summed E-state index contributed by atoms with van der Waals surface area (Å²) in [6.45, 7) is 0. The van der Waals surface area contributed by atoms with E-state index in [1.807, 2.05) is 0 Å². The largest absolute Gasteiger partial charge is 0.398 e. The lowest BCUT2D eigenvalue weighted by Crippen LogP contribution is -2.42. The summed E-state index contributed by atoms with van der Waals surface area (Å²) in [5.41, 5.74) is 13.5. The van der Waals surface area contributed by atoms with Gasteiger partial charge in [0.05, 0.1) is 0 Å². The minimum Gasteiger partial charge on any atom is -0.398 e. The van der Waals surface area contributed by atoms with E-state index in [0.717, 1.165) is 18.5 Å². The van der Waals surface area contributed by atoms with Crippen molar-refractivity contribution < 1.29 is 0 Å². The van der Waals surface area contributed by atoms with Crippen LogP contribution in [0.2, 0.25) is 0 Å². The van der Waals surface area contributed by atoms with Gasteiger partial charge in [-0.05, 0) is 71.4 Å². The highest BCUT2D eigenvalue weighted by atomic mass is 31.1. The molecule has 1 nitrogen and oxygen atoms in total. The van der Waals surface area contributed by atoms with E-state index in [2.05, 4.69) is 97.1 Å². The standard InChI is InChI=1S/C28H24NP/c29-24-15-7-10-21-19-28(26(21)24)18-17-20-9-8-16-25(27(20)28)30(22-11-3-1-4-12-22)23-13-5-2-6-14-23/h1-16H,17-19,29H2/t28-/m0/s1. The third-order valence-electron chi connectivity index (χ3n) is 6.85. The van der Waals surface area contributed by atoms with Crippen LogP contribution in [0.15, 0.2) is 97.1 Å². The van der Waals surface area contributed by atoms with Crippen molar-refractivity contribution >= 4 is 29.5 Å². The molecule has 0 unspecified atom stereocenters. The third-order valence-corrected chi connectivity index (χ3v) is 9.34. The maximum atomic E-state index is 6.54. The molecule has 2 heteroatoms. The molecule has 0 saturated heterocycles. The molecule has 1 atom stereocenters. The average Bonchev–Trinajstić information content (AvgIpc) is 3.17. The second-order valence-electron chi connectivity index (χ2n) is 8.46. The van der Waals surface area contributed by atoms with Crippen LogP contribution in [-0.4, -0.2) is 0 Å². The van der Waals surface area contributed by atoms with Crippen molar-refractivity contribution in [3.63, 3.8) is 0 Å². The SMILES string of the molecule is Nc1cccc2c1[C@]1(CCc3cccc(P(c4ccccc4)c4ccccc4)c31)C2. The van der Waals surface area contributed by atoms with Crippen LogP contribution in [0.25, 0.3) is 0 Å². The summed E-state index contributed by atoms with van der Waals surface area (Å²) in [7, 11) is -0.619. The first-order valence-electron chi connectivity index (χ1n) is 10.7. The van der Waals surface area contributed by atoms with Gasteiger partial charge >= 0.3 is 0 Å². The van der Waals surface area contributed by atoms with Crippen molar-refractivity contribution in [1.82, 2.24) is 0 Å². The molecule has 0 amide bonds. The van der Waals surface area contributed by atoms with Gasteiger partial charge in [-0.3, -0.25) is 0 Å². The van der Waals surface area contributed by atoms with Crippen molar-refractivity contribution in [2.45, 2.75) is 24.7 Å². The van der Waals surface area contributed by atoms with E-state index < -0.39 is 7.92 Å². The summed E-state index contributed by atoms with van der Waals surface area (Å²) >= 11 is 0. The second-order valence-corrected chi connectivity index (χ2v) is 10.6. The molecule has 0 fully saturated rings. The molecule has 6 rings (SSSR count). The molecule has 146 valence electrons. The normalized spacial score (nSPS) is 18.8. The van der Waals surface area contributed by atoms with Gasteiger partial charge in [0.1, 0.15) is 0 Å². The number of anilines is 1. The minimum absolute atomic E-state index is 0.0940. The highest BCUT2D eigenvalue weighted by Gasteiger charge is 2.50. The van der Waals surface area contributed by atoms with Crippen LogP contribution in [0.5, 0.6) is 0 Å². The van der Waals surface area contributed by atoms with E-state index in [4.69, 9.17) is 5.73 Å². The number of nitrogen functional groups attached to an aromatic ring is 1. The summed E-state index contributed by atoms with van der Waals surface area (Å²) in [6.07, 6.45) is 3.43. The van der Waals surface area contributed by atoms with Crippen molar-refractivity contribution in [3.05, 3.63) is 119 Å². The Morgan fingerprint density at radius 2 is 1.27 bits per heavy atom. The summed E-state index contributed by atoms with van der Waals surface area (Å²) in [4.78, 5) is 0. The molecule has 0 radical (unpaired) electrons. The first-order valence-corrected chi connectivity index (χ1v) is 12.0. The van der Waals surface area contributed by atoms with Crippen LogP contribution in [0, 0.1) is 0 Å². The molecule has 0 bridgehead atoms. The molecule has 2 aliphatic rings. The Morgan fingerprint density at radius 1 is 0.633 bits per heavy atom. The van der Waals surface area contributed by atoms with Crippen molar-refractivity contribution in [3.8, 4) is 0 Å². The number of hydrogen-bond acceptors (Lipinski definition) is 1. The Balaban J connectivity index is 1.60. The van der Waals surface area contributed by atoms with Gasteiger partial charge in [0.15, 0.2) is 0 Å². The highest BCUT2D eigenvalue weighted by Crippen LogP contribution is 2.57. The Morgan fingerprint density at radius 3 is 1.93 bits per heavy atom. The molecule has 4 aromatic rings. The van der Waals surface area contributed by atoms with Gasteiger partial charge in [0.2, 0.25) is 0 Å². The van der Waals surface area contributed by atoms with E-state index in [9.17, 15) is 0 Å². The van der Waals surface area contributed by atoms with E-state index in [-0.39, 0.29) is 5.41 Å². The van der Waals surface area contributed by atoms with E-state index >= 15 is 0 Å². The minimum atomic E-state index is -0.619. The molecule has 0 aromatic heterocycles. The molecule has 30 heavy (non-hydrogen) atoms. The molecule has 2 N–H and O–H groups in total. The summed E-state index contributed by atoms with van der Waals surface area (Å²) in [5.74, 6) is 0. The van der Waals surface area contributed by atoms with Crippen molar-refractivity contribution in [2.75, 3.05) is 5.73 Å². The van der Waals surface area contributed by atoms with Crippen molar-refractivity contribution in [1.29, 1.82) is 0 Å². The first kappa shape index (κ1) is 17.9. The lowest BCUT2D eigenvalue weighted by Gasteiger charge is -2.44. The molecular weight excluding hydrogens is 381 g/mol. The maximum Gasteiger partial charge on any atom is 0.0358 e. The number of fused-ring (bicyclic) bond motifs is 4. The van der Waals surface area contributed by atoms with Gasteiger partial charge in [-0.1, -0.05) is 91.0 Å². The second kappa shape index (κ2) is 6.83. The molecule has 2 aliphatic carbocycles. The third kappa shape index (κ3) is 2.52. The topological polar surface area (TPSA) is 26.0 Å². The van der Waals surface area contributed by atoms with Crippen LogP contribution in [0.4, 0.5) is 5.69 Å². The first-order chi connectivity index (χ1) is 14.8. The fraction of sp³-hybridized carbons (Fsp3) is 0.143. The molecule has 0 saturated carbocycles. The zero-order valence-corrected chi connectivity index (χ0v) is 17.8. The van der Waals surface area contributed by atoms with Crippen molar-refractivity contribution in [2.24, 2.45) is 0 Å². The lowest BCUT2D eigenvalue weighted by molar-refractivity contribution is 0.450. The number of nitrogens with two attached hydrogens (primary N) is 1. The Labute approximate surface area is 179 Å². The maximum absolute atomic E-state index is 6.54. The van der Waals surface area contributed by atoms with E-state index in [0.29, 0.717) is 0 Å². The quantitative estimate of drug-likeness (QED) is 0.384. The number of benzene rings is 4. The average molecular weight is 405 g/mol. The predicted molar refractivity (Wildman–Crippen MR) is 129 cm³/mol. The number of rotatable bonds is 3. The fourth-order valence-electron chi connectivity index (χ4n) is 5.67. The van der Waals surface area contributed by atoms with Gasteiger partial charge < -0.3 is 5.73 Å². The Bertz CT molecular complexity index is 1180. The lowest BCUT2D eigenvalue weighted by atomic mass is 9.60. The smallest absolute Gasteiger partial charge is 0.0358 e. The zero-order valence-electron chi connectivity index (χ0n) is 16.9. The van der Waals surface area contributed by atoms with Gasteiger partial charge in [0.25, 0.3) is 0 Å². The molecule has 1 spiro atoms. The zero-order chi connectivity index (χ0) is 20.1. The van der Waals surface area contributed by atoms with Crippen LogP contribution in [0.1, 0.15) is 28.7 Å².